The molecule has 0 saturated carbocycles. The molecule has 1 rings (SSSR count). The first kappa shape index (κ1) is 8.75. The molecule has 0 aromatic carbocycles. The highest BCUT2D eigenvalue weighted by atomic mass is 16.6. The summed E-state index contributed by atoms with van der Waals surface area (Å²) in [7, 11) is 0. The Bertz CT molecular complexity index is 123. The minimum absolute atomic E-state index is 0.370. The molecular formula is C9H16O2. The molecule has 0 aromatic rings. The van der Waals surface area contributed by atoms with Crippen LogP contribution in [0.2, 0.25) is 0 Å². The third kappa shape index (κ3) is 3.04. The molecule has 2 nitrogen and oxygen atoms in total. The third-order valence-electron chi connectivity index (χ3n) is 1.78. The van der Waals surface area contributed by atoms with Crippen LogP contribution in [-0.4, -0.2) is 25.4 Å². The fourth-order valence-corrected chi connectivity index (χ4v) is 1.13. The summed E-state index contributed by atoms with van der Waals surface area (Å²) in [5.74, 6) is 0. The summed E-state index contributed by atoms with van der Waals surface area (Å²) in [6.45, 7) is 7.11. The van der Waals surface area contributed by atoms with Gasteiger partial charge < -0.3 is 9.47 Å². The fraction of sp³-hybridized carbons (Fsp3) is 0.778. The van der Waals surface area contributed by atoms with E-state index < -0.39 is 0 Å². The van der Waals surface area contributed by atoms with Gasteiger partial charge in [-0.05, 0) is 6.42 Å². The van der Waals surface area contributed by atoms with E-state index in [2.05, 4.69) is 13.5 Å². The predicted octanol–water partition coefficient (Wildman–Crippen LogP) is 1.76. The molecule has 0 bridgehead atoms. The van der Waals surface area contributed by atoms with E-state index in [0.717, 1.165) is 6.61 Å². The van der Waals surface area contributed by atoms with Crippen LogP contribution in [0.5, 0.6) is 0 Å². The largest absolute Gasteiger partial charge is 0.375 e. The van der Waals surface area contributed by atoms with Crippen molar-refractivity contribution in [3.8, 4) is 0 Å². The smallest absolute Gasteiger partial charge is 0.107 e. The molecule has 0 amide bonds. The third-order valence-corrected chi connectivity index (χ3v) is 1.78. The predicted molar refractivity (Wildman–Crippen MR) is 44.6 cm³/mol. The number of epoxide rings is 1. The number of rotatable bonds is 6. The van der Waals surface area contributed by atoms with Gasteiger partial charge in [-0.3, -0.25) is 0 Å². The second-order valence-electron chi connectivity index (χ2n) is 2.83. The van der Waals surface area contributed by atoms with Gasteiger partial charge in [-0.2, -0.15) is 0 Å². The van der Waals surface area contributed by atoms with Crippen LogP contribution in [-0.2, 0) is 9.47 Å². The van der Waals surface area contributed by atoms with Gasteiger partial charge in [0.1, 0.15) is 6.10 Å². The zero-order valence-electron chi connectivity index (χ0n) is 7.08. The van der Waals surface area contributed by atoms with Gasteiger partial charge in [-0.25, -0.2) is 0 Å². The standard InChI is InChI=1S/C9H16O2/c1-3-5-8-9(11-8)7-10-6-4-2/h4,8-9H,2-3,5-7H2,1H3. The van der Waals surface area contributed by atoms with E-state index in [9.17, 15) is 0 Å². The Balaban J connectivity index is 1.91. The summed E-state index contributed by atoms with van der Waals surface area (Å²) in [5.41, 5.74) is 0. The topological polar surface area (TPSA) is 21.8 Å². The molecule has 0 aliphatic carbocycles. The van der Waals surface area contributed by atoms with Gasteiger partial charge in [0.25, 0.3) is 0 Å². The van der Waals surface area contributed by atoms with E-state index in [4.69, 9.17) is 9.47 Å². The van der Waals surface area contributed by atoms with Crippen molar-refractivity contribution < 1.29 is 9.47 Å². The molecule has 1 aliphatic rings. The normalized spacial score (nSPS) is 28.5. The van der Waals surface area contributed by atoms with Crippen molar-refractivity contribution in [3.05, 3.63) is 12.7 Å². The first-order valence-electron chi connectivity index (χ1n) is 4.22. The highest BCUT2D eigenvalue weighted by Crippen LogP contribution is 2.26. The Hall–Kier alpha value is -0.340. The van der Waals surface area contributed by atoms with Crippen molar-refractivity contribution in [2.45, 2.75) is 32.0 Å². The van der Waals surface area contributed by atoms with E-state index in [1.807, 2.05) is 0 Å². The van der Waals surface area contributed by atoms with Crippen LogP contribution in [0.15, 0.2) is 12.7 Å². The van der Waals surface area contributed by atoms with Crippen LogP contribution >= 0.6 is 0 Å². The summed E-state index contributed by atoms with van der Waals surface area (Å²) < 4.78 is 10.6. The SMILES string of the molecule is C=CCOCC1OC1CCC. The molecule has 1 fully saturated rings. The van der Waals surface area contributed by atoms with Crippen LogP contribution < -0.4 is 0 Å². The van der Waals surface area contributed by atoms with Gasteiger partial charge >= 0.3 is 0 Å². The number of hydrogen-bond acceptors (Lipinski definition) is 2. The first-order chi connectivity index (χ1) is 5.38. The quantitative estimate of drug-likeness (QED) is 0.332. The van der Waals surface area contributed by atoms with E-state index in [-0.39, 0.29) is 0 Å². The van der Waals surface area contributed by atoms with Gasteiger partial charge in [-0.1, -0.05) is 19.4 Å². The lowest BCUT2D eigenvalue weighted by atomic mass is 10.2. The molecule has 2 atom stereocenters. The molecule has 1 aliphatic heterocycles. The molecule has 0 aromatic heterocycles. The highest BCUT2D eigenvalue weighted by molar-refractivity contribution is 4.84. The zero-order chi connectivity index (χ0) is 8.10. The Morgan fingerprint density at radius 1 is 1.55 bits per heavy atom. The monoisotopic (exact) mass is 156 g/mol. The van der Waals surface area contributed by atoms with E-state index in [0.29, 0.717) is 18.8 Å². The van der Waals surface area contributed by atoms with Crippen molar-refractivity contribution in [3.63, 3.8) is 0 Å². The molecule has 2 unspecified atom stereocenters. The Morgan fingerprint density at radius 3 is 3.00 bits per heavy atom. The van der Waals surface area contributed by atoms with Gasteiger partial charge in [0.05, 0.1) is 19.3 Å². The zero-order valence-corrected chi connectivity index (χ0v) is 7.08. The Labute approximate surface area is 68.2 Å². The maximum absolute atomic E-state index is 5.34. The number of hydrogen-bond donors (Lipinski definition) is 0. The molecular weight excluding hydrogens is 140 g/mol. The van der Waals surface area contributed by atoms with Gasteiger partial charge in [0.2, 0.25) is 0 Å². The second kappa shape index (κ2) is 4.52. The van der Waals surface area contributed by atoms with Crippen LogP contribution in [0.1, 0.15) is 19.8 Å². The maximum atomic E-state index is 5.34. The van der Waals surface area contributed by atoms with Crippen LogP contribution in [0.25, 0.3) is 0 Å². The average Bonchev–Trinajstić information content (AvgIpc) is 2.70. The molecule has 11 heavy (non-hydrogen) atoms. The Morgan fingerprint density at radius 2 is 2.36 bits per heavy atom. The molecule has 2 heteroatoms. The van der Waals surface area contributed by atoms with Crippen LogP contribution in [0.4, 0.5) is 0 Å². The molecule has 1 saturated heterocycles. The maximum Gasteiger partial charge on any atom is 0.107 e. The summed E-state index contributed by atoms with van der Waals surface area (Å²) in [6, 6.07) is 0. The van der Waals surface area contributed by atoms with Crippen molar-refractivity contribution in [2.75, 3.05) is 13.2 Å². The molecule has 0 N–H and O–H groups in total. The lowest BCUT2D eigenvalue weighted by Gasteiger charge is -1.95. The summed E-state index contributed by atoms with van der Waals surface area (Å²) >= 11 is 0. The van der Waals surface area contributed by atoms with Crippen molar-refractivity contribution >= 4 is 0 Å². The molecule has 0 spiro atoms. The first-order valence-corrected chi connectivity index (χ1v) is 4.22. The average molecular weight is 156 g/mol. The van der Waals surface area contributed by atoms with Gasteiger partial charge in [-0.15, -0.1) is 6.58 Å². The molecule has 64 valence electrons. The lowest BCUT2D eigenvalue weighted by molar-refractivity contribution is 0.141. The Kier molecular flexibility index (Phi) is 3.60. The van der Waals surface area contributed by atoms with Crippen molar-refractivity contribution in [2.24, 2.45) is 0 Å². The number of ether oxygens (including phenoxy) is 2. The van der Waals surface area contributed by atoms with Crippen molar-refractivity contribution in [1.82, 2.24) is 0 Å². The second-order valence-corrected chi connectivity index (χ2v) is 2.83. The summed E-state index contributed by atoms with van der Waals surface area (Å²) in [6.07, 6.45) is 4.97. The molecule has 0 radical (unpaired) electrons. The lowest BCUT2D eigenvalue weighted by Crippen LogP contribution is -2.04. The van der Waals surface area contributed by atoms with E-state index >= 15 is 0 Å². The van der Waals surface area contributed by atoms with Gasteiger partial charge in [0.15, 0.2) is 0 Å². The minimum atomic E-state index is 0.370. The molecule has 1 heterocycles. The summed E-state index contributed by atoms with van der Waals surface area (Å²) in [4.78, 5) is 0. The highest BCUT2D eigenvalue weighted by Gasteiger charge is 2.37. The van der Waals surface area contributed by atoms with Crippen LogP contribution in [0.3, 0.4) is 0 Å². The minimum Gasteiger partial charge on any atom is -0.375 e. The summed E-state index contributed by atoms with van der Waals surface area (Å²) in [5, 5.41) is 0. The van der Waals surface area contributed by atoms with Crippen molar-refractivity contribution in [1.29, 1.82) is 0 Å². The fourth-order valence-electron chi connectivity index (χ4n) is 1.13. The van der Waals surface area contributed by atoms with E-state index in [1.54, 1.807) is 6.08 Å². The van der Waals surface area contributed by atoms with Crippen LogP contribution in [0, 0.1) is 0 Å². The van der Waals surface area contributed by atoms with E-state index in [1.165, 1.54) is 12.8 Å². The van der Waals surface area contributed by atoms with Gasteiger partial charge in [0, 0.05) is 0 Å².